The summed E-state index contributed by atoms with van der Waals surface area (Å²) in [6, 6.07) is 5.40. The van der Waals surface area contributed by atoms with Crippen molar-refractivity contribution in [3.63, 3.8) is 0 Å². The molecule has 1 aliphatic rings. The van der Waals surface area contributed by atoms with Crippen LogP contribution in [0.4, 0.5) is 5.69 Å². The topological polar surface area (TPSA) is 86.6 Å². The van der Waals surface area contributed by atoms with E-state index in [4.69, 9.17) is 0 Å². The first kappa shape index (κ1) is 15.4. The summed E-state index contributed by atoms with van der Waals surface area (Å²) in [7, 11) is 1.80. The quantitative estimate of drug-likeness (QED) is 0.762. The van der Waals surface area contributed by atoms with Crippen LogP contribution in [0.15, 0.2) is 47.8 Å². The maximum absolute atomic E-state index is 12.9. The molecule has 1 aliphatic heterocycles. The van der Waals surface area contributed by atoms with Gasteiger partial charge in [-0.3, -0.25) is 19.7 Å². The molecule has 3 aromatic rings. The number of pyridine rings is 1. The lowest BCUT2D eigenvalue weighted by molar-refractivity contribution is 0.0746. The predicted molar refractivity (Wildman–Crippen MR) is 92.8 cm³/mol. The molecule has 1 fully saturated rings. The first-order valence-corrected chi connectivity index (χ1v) is 8.12. The number of anilines is 1. The van der Waals surface area contributed by atoms with Gasteiger partial charge in [0.25, 0.3) is 11.5 Å². The van der Waals surface area contributed by atoms with Crippen molar-refractivity contribution in [2.75, 3.05) is 25.0 Å². The number of carbonyl (C=O) groups excluding carboxylic acids is 1. The van der Waals surface area contributed by atoms with Crippen molar-refractivity contribution >= 4 is 17.2 Å². The van der Waals surface area contributed by atoms with Crippen molar-refractivity contribution in [2.45, 2.75) is 12.5 Å². The van der Waals surface area contributed by atoms with Gasteiger partial charge in [0.1, 0.15) is 5.56 Å². The summed E-state index contributed by atoms with van der Waals surface area (Å²) in [5.41, 5.74) is 1.63. The molecule has 8 nitrogen and oxygen atoms in total. The van der Waals surface area contributed by atoms with E-state index in [1.54, 1.807) is 24.3 Å². The second kappa shape index (κ2) is 6.04. The van der Waals surface area contributed by atoms with Gasteiger partial charge in [-0.25, -0.2) is 9.50 Å². The molecule has 4 rings (SSSR count). The highest BCUT2D eigenvalue weighted by Crippen LogP contribution is 2.23. The number of aromatic nitrogens is 4. The molecule has 0 aromatic carbocycles. The second-order valence-corrected chi connectivity index (χ2v) is 6.14. The van der Waals surface area contributed by atoms with Gasteiger partial charge in [-0.05, 0) is 18.6 Å². The highest BCUT2D eigenvalue weighted by atomic mass is 16.2. The van der Waals surface area contributed by atoms with Gasteiger partial charge < -0.3 is 9.80 Å². The second-order valence-electron chi connectivity index (χ2n) is 6.14. The van der Waals surface area contributed by atoms with Crippen LogP contribution in [0.5, 0.6) is 0 Å². The number of H-pyrrole nitrogens is 1. The Balaban J connectivity index is 1.55. The number of aromatic amines is 1. The van der Waals surface area contributed by atoms with Crippen molar-refractivity contribution in [3.05, 3.63) is 58.9 Å². The average Bonchev–Trinajstić information content (AvgIpc) is 3.29. The third-order valence-electron chi connectivity index (χ3n) is 4.71. The van der Waals surface area contributed by atoms with E-state index in [0.29, 0.717) is 11.2 Å². The number of carbonyl (C=O) groups is 1. The number of nitrogens with one attached hydrogen (secondary N) is 1. The summed E-state index contributed by atoms with van der Waals surface area (Å²) in [6.45, 7) is 1.65. The Morgan fingerprint density at radius 2 is 2.08 bits per heavy atom. The highest BCUT2D eigenvalue weighted by Gasteiger charge is 2.30. The van der Waals surface area contributed by atoms with Crippen LogP contribution >= 0.6 is 0 Å². The molecule has 1 unspecified atom stereocenters. The lowest BCUT2D eigenvalue weighted by Gasteiger charge is -2.25. The fourth-order valence-corrected chi connectivity index (χ4v) is 3.28. The maximum Gasteiger partial charge on any atom is 0.272 e. The summed E-state index contributed by atoms with van der Waals surface area (Å²) in [5.74, 6) is -0.140. The van der Waals surface area contributed by atoms with Gasteiger partial charge in [0.05, 0.1) is 6.04 Å². The molecule has 4 heterocycles. The third kappa shape index (κ3) is 2.65. The summed E-state index contributed by atoms with van der Waals surface area (Å²) < 4.78 is 1.28. The van der Waals surface area contributed by atoms with Crippen LogP contribution in [0, 0.1) is 0 Å². The summed E-state index contributed by atoms with van der Waals surface area (Å²) in [6.07, 6.45) is 7.39. The van der Waals surface area contributed by atoms with E-state index in [9.17, 15) is 9.59 Å². The smallest absolute Gasteiger partial charge is 0.272 e. The lowest BCUT2D eigenvalue weighted by Crippen LogP contribution is -2.39. The van der Waals surface area contributed by atoms with Crippen molar-refractivity contribution in [3.8, 4) is 0 Å². The highest BCUT2D eigenvalue weighted by molar-refractivity contribution is 5.99. The van der Waals surface area contributed by atoms with Crippen LogP contribution in [0.1, 0.15) is 16.8 Å². The Kier molecular flexibility index (Phi) is 3.72. The Morgan fingerprint density at radius 1 is 1.28 bits per heavy atom. The fourth-order valence-electron chi connectivity index (χ4n) is 3.28. The average molecular weight is 338 g/mol. The third-order valence-corrected chi connectivity index (χ3v) is 4.71. The summed E-state index contributed by atoms with van der Waals surface area (Å²) in [4.78, 5) is 36.9. The predicted octanol–water partition coefficient (Wildman–Crippen LogP) is 0.768. The Labute approximate surface area is 143 Å². The van der Waals surface area contributed by atoms with E-state index in [2.05, 4.69) is 20.0 Å². The van der Waals surface area contributed by atoms with E-state index in [-0.39, 0.29) is 17.5 Å². The normalized spacial score (nSPS) is 17.2. The number of hydrogen-bond donors (Lipinski definition) is 1. The largest absolute Gasteiger partial charge is 0.369 e. The Morgan fingerprint density at radius 3 is 2.88 bits per heavy atom. The van der Waals surface area contributed by atoms with Crippen molar-refractivity contribution in [1.82, 2.24) is 24.5 Å². The van der Waals surface area contributed by atoms with Crippen molar-refractivity contribution < 1.29 is 4.79 Å². The van der Waals surface area contributed by atoms with Gasteiger partial charge in [-0.1, -0.05) is 0 Å². The van der Waals surface area contributed by atoms with E-state index in [1.807, 2.05) is 12.1 Å². The molecule has 1 N–H and O–H groups in total. The lowest BCUT2D eigenvalue weighted by atomic mass is 10.2. The zero-order valence-corrected chi connectivity index (χ0v) is 13.8. The van der Waals surface area contributed by atoms with Crippen molar-refractivity contribution in [2.24, 2.45) is 0 Å². The SMILES string of the molecule is CN(C(=O)c1c[nH]n2c(=O)ccnc12)C1CCN(c2ccncc2)C1. The minimum absolute atomic E-state index is 0.103. The molecule has 0 saturated carbocycles. The monoisotopic (exact) mass is 338 g/mol. The number of hydrogen-bond acceptors (Lipinski definition) is 5. The molecule has 8 heteroatoms. The van der Waals surface area contributed by atoms with Crippen LogP contribution in [0.25, 0.3) is 5.65 Å². The zero-order chi connectivity index (χ0) is 17.4. The van der Waals surface area contributed by atoms with Crippen LogP contribution in [-0.4, -0.2) is 56.6 Å². The molecule has 3 aromatic heterocycles. The van der Waals surface area contributed by atoms with Gasteiger partial charge in [-0.2, -0.15) is 0 Å². The molecular weight excluding hydrogens is 320 g/mol. The van der Waals surface area contributed by atoms with E-state index >= 15 is 0 Å². The standard InChI is InChI=1S/C17H18N6O2/c1-21(13-5-9-22(11-13)12-2-6-18-7-3-12)17(25)14-10-20-23-15(24)4-8-19-16(14)23/h2-4,6-8,10,13,20H,5,9,11H2,1H3. The van der Waals surface area contributed by atoms with Crippen LogP contribution < -0.4 is 10.5 Å². The number of amides is 1. The number of likely N-dealkylation sites (N-methyl/N-ethyl adjacent to an activating group) is 1. The van der Waals surface area contributed by atoms with Gasteiger partial charge in [0, 0.05) is 56.7 Å². The first-order chi connectivity index (χ1) is 12.1. The van der Waals surface area contributed by atoms with Gasteiger partial charge >= 0.3 is 0 Å². The molecule has 128 valence electrons. The maximum atomic E-state index is 12.9. The van der Waals surface area contributed by atoms with E-state index < -0.39 is 0 Å². The van der Waals surface area contributed by atoms with Crippen LogP contribution in [0.3, 0.4) is 0 Å². The molecular formula is C17H18N6O2. The Hall–Kier alpha value is -3.16. The molecule has 25 heavy (non-hydrogen) atoms. The first-order valence-electron chi connectivity index (χ1n) is 8.12. The van der Waals surface area contributed by atoms with E-state index in [1.165, 1.54) is 23.0 Å². The van der Waals surface area contributed by atoms with Crippen molar-refractivity contribution in [1.29, 1.82) is 0 Å². The molecule has 0 radical (unpaired) electrons. The van der Waals surface area contributed by atoms with Crippen LogP contribution in [-0.2, 0) is 0 Å². The van der Waals surface area contributed by atoms with Gasteiger partial charge in [0.2, 0.25) is 0 Å². The Bertz CT molecular complexity index is 964. The molecule has 0 bridgehead atoms. The molecule has 0 spiro atoms. The van der Waals surface area contributed by atoms with Gasteiger partial charge in [-0.15, -0.1) is 0 Å². The number of nitrogens with zero attached hydrogens (tertiary/aromatic N) is 5. The number of rotatable bonds is 3. The summed E-state index contributed by atoms with van der Waals surface area (Å²) in [5, 5.41) is 2.79. The van der Waals surface area contributed by atoms with Crippen LogP contribution in [0.2, 0.25) is 0 Å². The van der Waals surface area contributed by atoms with Gasteiger partial charge in [0.15, 0.2) is 5.65 Å². The zero-order valence-electron chi connectivity index (χ0n) is 13.8. The van der Waals surface area contributed by atoms with E-state index in [0.717, 1.165) is 25.2 Å². The number of fused-ring (bicyclic) bond motifs is 1. The minimum atomic E-state index is -0.239. The summed E-state index contributed by atoms with van der Waals surface area (Å²) >= 11 is 0. The molecule has 0 aliphatic carbocycles. The molecule has 1 atom stereocenters. The molecule has 1 amide bonds. The molecule has 1 saturated heterocycles. The minimum Gasteiger partial charge on any atom is -0.369 e. The fraction of sp³-hybridized carbons (Fsp3) is 0.294.